The average Bonchev–Trinajstić information content (AvgIpc) is 2.55. The molecule has 110 valence electrons. The fourth-order valence-corrected chi connectivity index (χ4v) is 2.77. The van der Waals surface area contributed by atoms with E-state index in [0.717, 1.165) is 37.4 Å². The molecule has 0 amide bonds. The Morgan fingerprint density at radius 1 is 1.24 bits per heavy atom. The maximum atomic E-state index is 5.96. The number of rotatable bonds is 5. The largest absolute Gasteiger partial charge is 0.491 e. The fraction of sp³-hybridized carbons (Fsp3) is 0.389. The molecule has 0 radical (unpaired) electrons. The van der Waals surface area contributed by atoms with Gasteiger partial charge < -0.3 is 4.74 Å². The van der Waals surface area contributed by atoms with Crippen LogP contribution in [0, 0.1) is 6.92 Å². The van der Waals surface area contributed by atoms with E-state index in [-0.39, 0.29) is 0 Å². The van der Waals surface area contributed by atoms with Crippen molar-refractivity contribution in [2.75, 3.05) is 26.2 Å². The van der Waals surface area contributed by atoms with E-state index in [1.165, 1.54) is 23.9 Å². The van der Waals surface area contributed by atoms with Crippen molar-refractivity contribution in [2.24, 2.45) is 0 Å². The molecule has 0 aliphatic carbocycles. The maximum Gasteiger partial charge on any atom is 0.145 e. The molecule has 1 aromatic carbocycles. The van der Waals surface area contributed by atoms with Gasteiger partial charge in [0.25, 0.3) is 0 Å². The second-order valence-corrected chi connectivity index (χ2v) is 5.54. The molecule has 0 spiro atoms. The van der Waals surface area contributed by atoms with Gasteiger partial charge >= 0.3 is 0 Å². The van der Waals surface area contributed by atoms with Crippen LogP contribution in [0.1, 0.15) is 18.4 Å². The van der Waals surface area contributed by atoms with Crippen LogP contribution < -0.4 is 4.74 Å². The first-order valence-corrected chi connectivity index (χ1v) is 7.69. The van der Waals surface area contributed by atoms with Crippen molar-refractivity contribution in [3.63, 3.8) is 0 Å². The minimum atomic E-state index is 0.745. The molecule has 0 saturated carbocycles. The first kappa shape index (κ1) is 14.1. The molecule has 1 aromatic heterocycles. The molecule has 0 saturated heterocycles. The van der Waals surface area contributed by atoms with Crippen molar-refractivity contribution in [2.45, 2.75) is 19.8 Å². The van der Waals surface area contributed by atoms with Crippen molar-refractivity contribution in [1.29, 1.82) is 0 Å². The summed E-state index contributed by atoms with van der Waals surface area (Å²) < 4.78 is 5.96. The van der Waals surface area contributed by atoms with E-state index in [1.54, 1.807) is 0 Å². The smallest absolute Gasteiger partial charge is 0.145 e. The molecular formula is C18H22N2O. The quantitative estimate of drug-likeness (QED) is 0.619. The van der Waals surface area contributed by atoms with Gasteiger partial charge in [-0.15, -0.1) is 0 Å². The van der Waals surface area contributed by atoms with Crippen LogP contribution >= 0.6 is 0 Å². The third-order valence-electron chi connectivity index (χ3n) is 3.97. The van der Waals surface area contributed by atoms with Crippen LogP contribution in [-0.2, 0) is 0 Å². The molecule has 3 heteroatoms. The Kier molecular flexibility index (Phi) is 4.51. The first-order chi connectivity index (χ1) is 10.3. The van der Waals surface area contributed by atoms with Crippen molar-refractivity contribution in [1.82, 2.24) is 9.88 Å². The van der Waals surface area contributed by atoms with Gasteiger partial charge in [-0.3, -0.25) is 9.88 Å². The lowest BCUT2D eigenvalue weighted by molar-refractivity contribution is 0.248. The summed E-state index contributed by atoms with van der Waals surface area (Å²) >= 11 is 0. The van der Waals surface area contributed by atoms with Crippen LogP contribution in [0.15, 0.2) is 42.6 Å². The summed E-state index contributed by atoms with van der Waals surface area (Å²) in [4.78, 5) is 6.93. The van der Waals surface area contributed by atoms with E-state index < -0.39 is 0 Å². The van der Waals surface area contributed by atoms with Crippen LogP contribution in [0.4, 0.5) is 0 Å². The van der Waals surface area contributed by atoms with Crippen LogP contribution in [0.25, 0.3) is 10.9 Å². The molecule has 3 rings (SSSR count). The summed E-state index contributed by atoms with van der Waals surface area (Å²) in [6.45, 7) is 6.20. The number of hydrogen-bond donors (Lipinski definition) is 0. The summed E-state index contributed by atoms with van der Waals surface area (Å²) in [5.74, 6) is 0.898. The Morgan fingerprint density at radius 3 is 3.05 bits per heavy atom. The molecule has 3 nitrogen and oxygen atoms in total. The zero-order valence-corrected chi connectivity index (χ0v) is 12.6. The maximum absolute atomic E-state index is 5.96. The van der Waals surface area contributed by atoms with Crippen LogP contribution in [-0.4, -0.2) is 36.1 Å². The Labute approximate surface area is 126 Å². The molecule has 1 aliphatic heterocycles. The SMILES string of the molecule is Cc1ccc(OCCCN2CC=CCC2)c2ncccc12. The number of benzene rings is 1. The second-order valence-electron chi connectivity index (χ2n) is 5.54. The molecule has 0 fully saturated rings. The van der Waals surface area contributed by atoms with E-state index in [0.29, 0.717) is 0 Å². The second kappa shape index (κ2) is 6.72. The Hall–Kier alpha value is -1.87. The van der Waals surface area contributed by atoms with E-state index in [2.05, 4.69) is 41.1 Å². The first-order valence-electron chi connectivity index (χ1n) is 7.69. The average molecular weight is 282 g/mol. The van der Waals surface area contributed by atoms with E-state index in [4.69, 9.17) is 4.74 Å². The molecule has 0 N–H and O–H groups in total. The van der Waals surface area contributed by atoms with Gasteiger partial charge in [0.1, 0.15) is 11.3 Å². The number of hydrogen-bond acceptors (Lipinski definition) is 3. The lowest BCUT2D eigenvalue weighted by Crippen LogP contribution is -2.29. The number of fused-ring (bicyclic) bond motifs is 1. The normalized spacial score (nSPS) is 15.5. The van der Waals surface area contributed by atoms with Crippen LogP contribution in [0.5, 0.6) is 5.75 Å². The minimum absolute atomic E-state index is 0.745. The van der Waals surface area contributed by atoms with Gasteiger partial charge in [-0.2, -0.15) is 0 Å². The van der Waals surface area contributed by atoms with Crippen LogP contribution in [0.3, 0.4) is 0 Å². The van der Waals surface area contributed by atoms with E-state index in [9.17, 15) is 0 Å². The van der Waals surface area contributed by atoms with Gasteiger partial charge in [-0.1, -0.05) is 24.3 Å². The highest BCUT2D eigenvalue weighted by molar-refractivity contribution is 5.87. The monoisotopic (exact) mass is 282 g/mol. The highest BCUT2D eigenvalue weighted by Crippen LogP contribution is 2.26. The summed E-state index contributed by atoms with van der Waals surface area (Å²) in [7, 11) is 0. The third kappa shape index (κ3) is 3.42. The number of ether oxygens (including phenoxy) is 1. The predicted octanol–water partition coefficient (Wildman–Crippen LogP) is 3.57. The summed E-state index contributed by atoms with van der Waals surface area (Å²) in [5, 5.41) is 1.18. The number of nitrogens with zero attached hydrogens (tertiary/aromatic N) is 2. The molecule has 2 aromatic rings. The van der Waals surface area contributed by atoms with Crippen molar-refractivity contribution in [3.05, 3.63) is 48.2 Å². The predicted molar refractivity (Wildman–Crippen MR) is 86.8 cm³/mol. The Morgan fingerprint density at radius 2 is 2.19 bits per heavy atom. The van der Waals surface area contributed by atoms with Gasteiger partial charge in [0.15, 0.2) is 0 Å². The molecule has 21 heavy (non-hydrogen) atoms. The number of aryl methyl sites for hydroxylation is 1. The topological polar surface area (TPSA) is 25.4 Å². The summed E-state index contributed by atoms with van der Waals surface area (Å²) in [5.41, 5.74) is 2.21. The van der Waals surface area contributed by atoms with Crippen LogP contribution in [0.2, 0.25) is 0 Å². The van der Waals surface area contributed by atoms with Gasteiger partial charge in [-0.05, 0) is 37.5 Å². The minimum Gasteiger partial charge on any atom is -0.491 e. The zero-order chi connectivity index (χ0) is 14.5. The summed E-state index contributed by atoms with van der Waals surface area (Å²) in [6.07, 6.45) is 8.57. The fourth-order valence-electron chi connectivity index (χ4n) is 2.77. The van der Waals surface area contributed by atoms with Gasteiger partial charge in [0.05, 0.1) is 6.61 Å². The molecule has 0 bridgehead atoms. The van der Waals surface area contributed by atoms with Gasteiger partial charge in [0.2, 0.25) is 0 Å². The third-order valence-corrected chi connectivity index (χ3v) is 3.97. The van der Waals surface area contributed by atoms with Crippen molar-refractivity contribution < 1.29 is 4.74 Å². The van der Waals surface area contributed by atoms with Crippen molar-refractivity contribution in [3.8, 4) is 5.75 Å². The molecule has 1 aliphatic rings. The Balaban J connectivity index is 1.58. The van der Waals surface area contributed by atoms with E-state index in [1.807, 2.05) is 18.3 Å². The van der Waals surface area contributed by atoms with Gasteiger partial charge in [0, 0.05) is 31.2 Å². The number of pyridine rings is 1. The number of aromatic nitrogens is 1. The standard InChI is InChI=1S/C18H22N2O/c1-15-8-9-17(18-16(15)7-5-10-19-18)21-14-6-13-20-11-3-2-4-12-20/h2-3,5,7-10H,4,6,11-14H2,1H3. The lowest BCUT2D eigenvalue weighted by atomic mass is 10.1. The zero-order valence-electron chi connectivity index (χ0n) is 12.6. The van der Waals surface area contributed by atoms with E-state index >= 15 is 0 Å². The summed E-state index contributed by atoms with van der Waals surface area (Å²) in [6, 6.07) is 8.22. The van der Waals surface area contributed by atoms with Crippen molar-refractivity contribution >= 4 is 10.9 Å². The molecule has 2 heterocycles. The van der Waals surface area contributed by atoms with Gasteiger partial charge in [-0.25, -0.2) is 0 Å². The highest BCUT2D eigenvalue weighted by atomic mass is 16.5. The molecular weight excluding hydrogens is 260 g/mol. The highest BCUT2D eigenvalue weighted by Gasteiger charge is 2.07. The Bertz CT molecular complexity index is 636. The molecule has 0 unspecified atom stereocenters. The molecule has 0 atom stereocenters. The lowest BCUT2D eigenvalue weighted by Gasteiger charge is -2.22.